The molecule has 1 aromatic carbocycles. The van der Waals surface area contributed by atoms with Crippen molar-refractivity contribution in [3.05, 3.63) is 22.7 Å². The molecule has 1 aromatic rings. The second-order valence-electron chi connectivity index (χ2n) is 5.59. The summed E-state index contributed by atoms with van der Waals surface area (Å²) in [6, 6.07) is 6.34. The van der Waals surface area contributed by atoms with Crippen molar-refractivity contribution in [1.82, 2.24) is 4.90 Å². The minimum Gasteiger partial charge on any atom is -0.399 e. The van der Waals surface area contributed by atoms with Crippen LogP contribution in [0.1, 0.15) is 33.1 Å². The molecule has 1 aliphatic rings. The van der Waals surface area contributed by atoms with Crippen LogP contribution in [0.2, 0.25) is 0 Å². The average Bonchev–Trinajstić information content (AvgIpc) is 2.37. The number of anilines is 2. The van der Waals surface area contributed by atoms with Crippen LogP contribution in [-0.2, 0) is 4.79 Å². The highest BCUT2D eigenvalue weighted by Crippen LogP contribution is 2.25. The third-order valence-electron chi connectivity index (χ3n) is 3.97. The summed E-state index contributed by atoms with van der Waals surface area (Å²) in [6.07, 6.45) is 3.59. The van der Waals surface area contributed by atoms with Gasteiger partial charge in [0, 0.05) is 22.2 Å². The standard InChI is InChI=1S/C15H22BrN3O/c1-10-4-3-5-11(2)19(10)9-15(20)18-14-7-6-12(17)8-13(14)16/h6-8,10-11H,3-5,9,17H2,1-2H3,(H,18,20). The van der Waals surface area contributed by atoms with Crippen molar-refractivity contribution < 1.29 is 4.79 Å². The number of likely N-dealkylation sites (tertiary alicyclic amines) is 1. The molecular weight excluding hydrogens is 318 g/mol. The van der Waals surface area contributed by atoms with Crippen LogP contribution in [0.3, 0.4) is 0 Å². The summed E-state index contributed by atoms with van der Waals surface area (Å²) in [7, 11) is 0. The predicted octanol–water partition coefficient (Wildman–Crippen LogP) is 3.23. The molecule has 2 atom stereocenters. The molecule has 0 aromatic heterocycles. The SMILES string of the molecule is CC1CCCC(C)N1CC(=O)Nc1ccc(N)cc1Br. The maximum atomic E-state index is 12.2. The summed E-state index contributed by atoms with van der Waals surface area (Å²) in [6.45, 7) is 4.84. The van der Waals surface area contributed by atoms with Gasteiger partial charge in [-0.3, -0.25) is 9.69 Å². The van der Waals surface area contributed by atoms with Crippen molar-refractivity contribution in [2.24, 2.45) is 0 Å². The van der Waals surface area contributed by atoms with Crippen LogP contribution in [0.25, 0.3) is 0 Å². The van der Waals surface area contributed by atoms with Crippen LogP contribution in [0.15, 0.2) is 22.7 Å². The van der Waals surface area contributed by atoms with Gasteiger partial charge in [0.15, 0.2) is 0 Å². The van der Waals surface area contributed by atoms with Gasteiger partial charge in [-0.1, -0.05) is 6.42 Å². The lowest BCUT2D eigenvalue weighted by molar-refractivity contribution is -0.118. The lowest BCUT2D eigenvalue weighted by atomic mass is 9.97. The Kier molecular flexibility index (Phi) is 5.05. The van der Waals surface area contributed by atoms with E-state index < -0.39 is 0 Å². The summed E-state index contributed by atoms with van der Waals surface area (Å²) < 4.78 is 0.811. The van der Waals surface area contributed by atoms with E-state index in [0.29, 0.717) is 24.3 Å². The molecule has 1 fully saturated rings. The molecule has 2 unspecified atom stereocenters. The number of nitrogen functional groups attached to an aromatic ring is 1. The number of carbonyl (C=O) groups excluding carboxylic acids is 1. The first-order valence-corrected chi connectivity index (χ1v) is 7.87. The van der Waals surface area contributed by atoms with Gasteiger partial charge in [0.05, 0.1) is 12.2 Å². The molecule has 3 N–H and O–H groups in total. The number of carbonyl (C=O) groups is 1. The predicted molar refractivity (Wildman–Crippen MR) is 86.7 cm³/mol. The van der Waals surface area contributed by atoms with E-state index in [-0.39, 0.29) is 5.91 Å². The van der Waals surface area contributed by atoms with Gasteiger partial charge in [0.2, 0.25) is 5.91 Å². The maximum Gasteiger partial charge on any atom is 0.238 e. The first-order chi connectivity index (χ1) is 9.47. The van der Waals surface area contributed by atoms with Crippen molar-refractivity contribution in [2.45, 2.75) is 45.2 Å². The Labute approximate surface area is 128 Å². The van der Waals surface area contributed by atoms with E-state index in [1.54, 1.807) is 12.1 Å². The third-order valence-corrected chi connectivity index (χ3v) is 4.63. The molecule has 20 heavy (non-hydrogen) atoms. The molecule has 0 aliphatic carbocycles. The number of nitrogens with one attached hydrogen (secondary N) is 1. The summed E-state index contributed by atoms with van der Waals surface area (Å²) in [5, 5.41) is 2.94. The molecular formula is C15H22BrN3O. The number of rotatable bonds is 3. The minimum atomic E-state index is 0.0241. The molecule has 1 heterocycles. The lowest BCUT2D eigenvalue weighted by Gasteiger charge is -2.38. The third kappa shape index (κ3) is 3.73. The highest BCUT2D eigenvalue weighted by molar-refractivity contribution is 9.10. The van der Waals surface area contributed by atoms with E-state index in [9.17, 15) is 4.79 Å². The molecule has 1 aliphatic heterocycles. The summed E-state index contributed by atoms with van der Waals surface area (Å²) in [4.78, 5) is 14.5. The second kappa shape index (κ2) is 6.59. The molecule has 5 heteroatoms. The number of piperidine rings is 1. The lowest BCUT2D eigenvalue weighted by Crippen LogP contribution is -2.47. The number of benzene rings is 1. The topological polar surface area (TPSA) is 58.4 Å². The zero-order valence-electron chi connectivity index (χ0n) is 12.0. The van der Waals surface area contributed by atoms with E-state index in [0.717, 1.165) is 10.2 Å². The van der Waals surface area contributed by atoms with Gasteiger partial charge in [-0.25, -0.2) is 0 Å². The van der Waals surface area contributed by atoms with E-state index in [1.165, 1.54) is 19.3 Å². The van der Waals surface area contributed by atoms with Crippen LogP contribution >= 0.6 is 15.9 Å². The summed E-state index contributed by atoms with van der Waals surface area (Å²) >= 11 is 3.42. The molecule has 1 saturated heterocycles. The van der Waals surface area contributed by atoms with Gasteiger partial charge < -0.3 is 11.1 Å². The van der Waals surface area contributed by atoms with Crippen molar-refractivity contribution in [2.75, 3.05) is 17.6 Å². The van der Waals surface area contributed by atoms with Gasteiger partial charge >= 0.3 is 0 Å². The number of hydrogen-bond donors (Lipinski definition) is 2. The molecule has 2 rings (SSSR count). The Balaban J connectivity index is 1.98. The molecule has 0 spiro atoms. The van der Waals surface area contributed by atoms with E-state index in [4.69, 9.17) is 5.73 Å². The quantitative estimate of drug-likeness (QED) is 0.831. The Morgan fingerprint density at radius 1 is 1.40 bits per heavy atom. The van der Waals surface area contributed by atoms with Gasteiger partial charge in [-0.2, -0.15) is 0 Å². The number of amides is 1. The molecule has 4 nitrogen and oxygen atoms in total. The molecule has 1 amide bonds. The van der Waals surface area contributed by atoms with Crippen LogP contribution < -0.4 is 11.1 Å². The van der Waals surface area contributed by atoms with E-state index in [2.05, 4.69) is 40.0 Å². The Hall–Kier alpha value is -1.07. The fourth-order valence-corrected chi connectivity index (χ4v) is 3.27. The van der Waals surface area contributed by atoms with Crippen molar-refractivity contribution in [3.8, 4) is 0 Å². The Morgan fingerprint density at radius 3 is 2.65 bits per heavy atom. The molecule has 0 bridgehead atoms. The first-order valence-electron chi connectivity index (χ1n) is 7.08. The van der Waals surface area contributed by atoms with Gasteiger partial charge in [0.1, 0.15) is 0 Å². The van der Waals surface area contributed by atoms with Gasteiger partial charge in [0.25, 0.3) is 0 Å². The monoisotopic (exact) mass is 339 g/mol. The summed E-state index contributed by atoms with van der Waals surface area (Å²) in [5.74, 6) is 0.0241. The maximum absolute atomic E-state index is 12.2. The number of halogens is 1. The highest BCUT2D eigenvalue weighted by atomic mass is 79.9. The van der Waals surface area contributed by atoms with Crippen molar-refractivity contribution in [1.29, 1.82) is 0 Å². The fourth-order valence-electron chi connectivity index (χ4n) is 2.77. The van der Waals surface area contributed by atoms with Crippen LogP contribution in [0.5, 0.6) is 0 Å². The van der Waals surface area contributed by atoms with Gasteiger partial charge in [-0.15, -0.1) is 0 Å². The summed E-state index contributed by atoms with van der Waals surface area (Å²) in [5.41, 5.74) is 7.13. The van der Waals surface area contributed by atoms with E-state index in [1.807, 2.05) is 6.07 Å². The minimum absolute atomic E-state index is 0.0241. The fraction of sp³-hybridized carbons (Fsp3) is 0.533. The Bertz CT molecular complexity index is 482. The molecule has 110 valence electrons. The van der Waals surface area contributed by atoms with Crippen LogP contribution in [0.4, 0.5) is 11.4 Å². The zero-order valence-corrected chi connectivity index (χ0v) is 13.6. The molecule has 0 radical (unpaired) electrons. The highest BCUT2D eigenvalue weighted by Gasteiger charge is 2.26. The average molecular weight is 340 g/mol. The van der Waals surface area contributed by atoms with Crippen LogP contribution in [0, 0.1) is 0 Å². The van der Waals surface area contributed by atoms with Crippen molar-refractivity contribution >= 4 is 33.2 Å². The first kappa shape index (κ1) is 15.3. The molecule has 0 saturated carbocycles. The largest absolute Gasteiger partial charge is 0.399 e. The zero-order chi connectivity index (χ0) is 14.7. The normalized spacial score (nSPS) is 23.6. The van der Waals surface area contributed by atoms with Crippen LogP contribution in [-0.4, -0.2) is 29.4 Å². The van der Waals surface area contributed by atoms with E-state index >= 15 is 0 Å². The number of nitrogens with two attached hydrogens (primary N) is 1. The van der Waals surface area contributed by atoms with Gasteiger partial charge in [-0.05, 0) is 60.8 Å². The second-order valence-corrected chi connectivity index (χ2v) is 6.44. The smallest absolute Gasteiger partial charge is 0.238 e. The number of nitrogens with zero attached hydrogens (tertiary/aromatic N) is 1. The van der Waals surface area contributed by atoms with Crippen molar-refractivity contribution in [3.63, 3.8) is 0 Å². The Morgan fingerprint density at radius 2 is 2.05 bits per heavy atom. The number of hydrogen-bond acceptors (Lipinski definition) is 3.